The lowest BCUT2D eigenvalue weighted by Crippen LogP contribution is -2.20. The second kappa shape index (κ2) is 5.75. The van der Waals surface area contributed by atoms with Crippen molar-refractivity contribution < 1.29 is 0 Å². The molecule has 1 nitrogen and oxygen atoms in total. The summed E-state index contributed by atoms with van der Waals surface area (Å²) in [7, 11) is 0. The smallest absolute Gasteiger partial charge is 0.00773 e. The Hall–Kier alpha value is -0.0400. The Labute approximate surface area is 90.5 Å². The topological polar surface area (TPSA) is 26.0 Å². The number of nitrogens with two attached hydrogens (primary N) is 1. The average molecular weight is 199 g/mol. The molecule has 0 saturated carbocycles. The third-order valence-corrected chi connectivity index (χ3v) is 2.57. The normalized spacial score (nSPS) is 13.3. The minimum absolute atomic E-state index is 0.456. The fourth-order valence-corrected chi connectivity index (χ4v) is 2.45. The van der Waals surface area contributed by atoms with Gasteiger partial charge in [-0.1, -0.05) is 47.5 Å². The van der Waals surface area contributed by atoms with Gasteiger partial charge in [0.2, 0.25) is 0 Å². The highest BCUT2D eigenvalue weighted by Gasteiger charge is 2.24. The van der Waals surface area contributed by atoms with Crippen LogP contribution in [0.5, 0.6) is 0 Å². The number of unbranched alkanes of at least 4 members (excludes halogenated alkanes) is 2. The third-order valence-electron chi connectivity index (χ3n) is 2.57. The van der Waals surface area contributed by atoms with Crippen molar-refractivity contribution in [1.29, 1.82) is 0 Å². The van der Waals surface area contributed by atoms with E-state index >= 15 is 0 Å². The Morgan fingerprint density at radius 3 is 1.86 bits per heavy atom. The van der Waals surface area contributed by atoms with E-state index in [9.17, 15) is 0 Å². The second-order valence-electron chi connectivity index (χ2n) is 6.50. The highest BCUT2D eigenvalue weighted by Crippen LogP contribution is 2.36. The van der Waals surface area contributed by atoms with Crippen molar-refractivity contribution in [3.63, 3.8) is 0 Å². The molecule has 2 N–H and O–H groups in total. The van der Waals surface area contributed by atoms with E-state index in [-0.39, 0.29) is 0 Å². The highest BCUT2D eigenvalue weighted by molar-refractivity contribution is 4.76. The summed E-state index contributed by atoms with van der Waals surface area (Å²) in [4.78, 5) is 0. The fraction of sp³-hybridized carbons (Fsp3) is 1.00. The van der Waals surface area contributed by atoms with Crippen molar-refractivity contribution in [2.24, 2.45) is 16.6 Å². The number of hydrogen-bond acceptors (Lipinski definition) is 1. The molecule has 86 valence electrons. The monoisotopic (exact) mass is 199 g/mol. The van der Waals surface area contributed by atoms with E-state index in [2.05, 4.69) is 34.6 Å². The molecule has 0 aromatic carbocycles. The lowest BCUT2D eigenvalue weighted by Gasteiger charge is -2.32. The van der Waals surface area contributed by atoms with Crippen LogP contribution in [-0.4, -0.2) is 6.54 Å². The van der Waals surface area contributed by atoms with E-state index in [1.54, 1.807) is 0 Å². The molecule has 0 atom stereocenters. The van der Waals surface area contributed by atoms with Crippen LogP contribution in [0.25, 0.3) is 0 Å². The minimum atomic E-state index is 0.456. The first kappa shape index (κ1) is 14.0. The van der Waals surface area contributed by atoms with Gasteiger partial charge in [-0.05, 0) is 36.6 Å². The molecular weight excluding hydrogens is 170 g/mol. The van der Waals surface area contributed by atoms with Gasteiger partial charge in [-0.15, -0.1) is 0 Å². The summed E-state index contributed by atoms with van der Waals surface area (Å²) in [6, 6.07) is 0. The lowest BCUT2D eigenvalue weighted by atomic mass is 9.73. The molecule has 0 rings (SSSR count). The molecule has 0 spiro atoms. The molecule has 0 aromatic heterocycles. The molecule has 0 unspecified atom stereocenters. The molecular formula is C13H29N. The van der Waals surface area contributed by atoms with Gasteiger partial charge in [-0.3, -0.25) is 0 Å². The summed E-state index contributed by atoms with van der Waals surface area (Å²) < 4.78 is 0. The standard InChI is InChI=1S/C13H29N/c1-12(2,3)11-13(4,5)9-7-6-8-10-14/h6-11,14H2,1-5H3. The molecule has 0 amide bonds. The van der Waals surface area contributed by atoms with E-state index in [1.165, 1.54) is 32.1 Å². The molecule has 0 aliphatic carbocycles. The van der Waals surface area contributed by atoms with Gasteiger partial charge in [-0.25, -0.2) is 0 Å². The summed E-state index contributed by atoms with van der Waals surface area (Å²) in [5, 5.41) is 0. The maximum atomic E-state index is 5.48. The number of hydrogen-bond donors (Lipinski definition) is 1. The summed E-state index contributed by atoms with van der Waals surface area (Å²) in [6.07, 6.45) is 6.46. The molecule has 0 aliphatic rings. The van der Waals surface area contributed by atoms with Crippen molar-refractivity contribution in [3.05, 3.63) is 0 Å². The molecule has 0 fully saturated rings. The maximum Gasteiger partial charge on any atom is -0.00773 e. The first-order valence-electron chi connectivity index (χ1n) is 5.97. The molecule has 0 radical (unpaired) electrons. The zero-order valence-electron chi connectivity index (χ0n) is 10.8. The van der Waals surface area contributed by atoms with Gasteiger partial charge in [0.1, 0.15) is 0 Å². The van der Waals surface area contributed by atoms with Gasteiger partial charge in [0.15, 0.2) is 0 Å². The van der Waals surface area contributed by atoms with E-state index in [0.29, 0.717) is 10.8 Å². The fourth-order valence-electron chi connectivity index (χ4n) is 2.45. The molecule has 0 bridgehead atoms. The van der Waals surface area contributed by atoms with Crippen molar-refractivity contribution in [3.8, 4) is 0 Å². The average Bonchev–Trinajstić information content (AvgIpc) is 1.93. The molecule has 0 aliphatic heterocycles. The summed E-state index contributed by atoms with van der Waals surface area (Å²) in [5.41, 5.74) is 6.43. The van der Waals surface area contributed by atoms with Crippen LogP contribution >= 0.6 is 0 Å². The van der Waals surface area contributed by atoms with Crippen LogP contribution in [-0.2, 0) is 0 Å². The van der Waals surface area contributed by atoms with E-state index in [4.69, 9.17) is 5.73 Å². The van der Waals surface area contributed by atoms with Crippen molar-refractivity contribution in [2.45, 2.75) is 66.7 Å². The van der Waals surface area contributed by atoms with Crippen LogP contribution in [0, 0.1) is 10.8 Å². The van der Waals surface area contributed by atoms with Gasteiger partial charge >= 0.3 is 0 Å². The zero-order chi connectivity index (χ0) is 11.2. The van der Waals surface area contributed by atoms with Crippen molar-refractivity contribution in [1.82, 2.24) is 0 Å². The van der Waals surface area contributed by atoms with Gasteiger partial charge in [0, 0.05) is 0 Å². The van der Waals surface area contributed by atoms with Gasteiger partial charge < -0.3 is 5.73 Å². The Bertz CT molecular complexity index is 142. The van der Waals surface area contributed by atoms with Crippen LogP contribution < -0.4 is 5.73 Å². The van der Waals surface area contributed by atoms with E-state index in [0.717, 1.165) is 6.54 Å². The molecule has 0 aromatic rings. The lowest BCUT2D eigenvalue weighted by molar-refractivity contribution is 0.194. The van der Waals surface area contributed by atoms with Gasteiger partial charge in [0.25, 0.3) is 0 Å². The SMILES string of the molecule is CC(C)(C)CC(C)(C)CCCCCN. The summed E-state index contributed by atoms with van der Waals surface area (Å²) >= 11 is 0. The van der Waals surface area contributed by atoms with Crippen molar-refractivity contribution in [2.75, 3.05) is 6.54 Å². The van der Waals surface area contributed by atoms with Crippen LogP contribution in [0.3, 0.4) is 0 Å². The second-order valence-corrected chi connectivity index (χ2v) is 6.50. The zero-order valence-corrected chi connectivity index (χ0v) is 10.8. The summed E-state index contributed by atoms with van der Waals surface area (Å²) in [6.45, 7) is 12.6. The minimum Gasteiger partial charge on any atom is -0.330 e. The van der Waals surface area contributed by atoms with E-state index < -0.39 is 0 Å². The van der Waals surface area contributed by atoms with Crippen molar-refractivity contribution >= 4 is 0 Å². The predicted molar refractivity (Wildman–Crippen MR) is 65.4 cm³/mol. The Morgan fingerprint density at radius 2 is 1.43 bits per heavy atom. The predicted octanol–water partition coefficient (Wildman–Crippen LogP) is 3.97. The van der Waals surface area contributed by atoms with Crippen LogP contribution in [0.4, 0.5) is 0 Å². The Kier molecular flexibility index (Phi) is 5.73. The molecule has 0 saturated heterocycles. The Morgan fingerprint density at radius 1 is 0.857 bits per heavy atom. The van der Waals surface area contributed by atoms with Gasteiger partial charge in [-0.2, -0.15) is 0 Å². The molecule has 1 heteroatoms. The first-order chi connectivity index (χ1) is 6.27. The van der Waals surface area contributed by atoms with Crippen LogP contribution in [0.15, 0.2) is 0 Å². The quantitative estimate of drug-likeness (QED) is 0.644. The molecule has 14 heavy (non-hydrogen) atoms. The summed E-state index contributed by atoms with van der Waals surface area (Å²) in [5.74, 6) is 0. The highest BCUT2D eigenvalue weighted by atomic mass is 14.5. The van der Waals surface area contributed by atoms with Crippen LogP contribution in [0.1, 0.15) is 66.7 Å². The van der Waals surface area contributed by atoms with Gasteiger partial charge in [0.05, 0.1) is 0 Å². The Balaban J connectivity index is 3.72. The van der Waals surface area contributed by atoms with E-state index in [1.807, 2.05) is 0 Å². The largest absolute Gasteiger partial charge is 0.330 e. The molecule has 0 heterocycles. The first-order valence-corrected chi connectivity index (χ1v) is 5.97. The maximum absolute atomic E-state index is 5.48. The number of rotatable bonds is 6. The van der Waals surface area contributed by atoms with Crippen LogP contribution in [0.2, 0.25) is 0 Å². The third kappa shape index (κ3) is 8.55.